The van der Waals surface area contributed by atoms with Crippen LogP contribution in [0.4, 0.5) is 5.69 Å². The Morgan fingerprint density at radius 3 is 2.50 bits per heavy atom. The molecule has 4 heteroatoms. The van der Waals surface area contributed by atoms with Crippen LogP contribution in [0.25, 0.3) is 0 Å². The Kier molecular flexibility index (Phi) is 5.83. The van der Waals surface area contributed by atoms with E-state index in [0.717, 1.165) is 51.1 Å². The Morgan fingerprint density at radius 1 is 1.10 bits per heavy atom. The van der Waals surface area contributed by atoms with Gasteiger partial charge in [0.15, 0.2) is 0 Å². The number of benzene rings is 1. The Bertz CT molecular complexity index is 394. The average Bonchev–Trinajstić information content (AvgIpc) is 2.73. The summed E-state index contributed by atoms with van der Waals surface area (Å²) in [4.78, 5) is 4.70. The lowest BCUT2D eigenvalue weighted by Gasteiger charge is -2.24. The monoisotopic (exact) mass is 278 g/mol. The summed E-state index contributed by atoms with van der Waals surface area (Å²) in [5, 5.41) is 18.8. The first-order valence-corrected chi connectivity index (χ1v) is 7.60. The molecule has 0 aliphatic carbocycles. The summed E-state index contributed by atoms with van der Waals surface area (Å²) >= 11 is 0. The first-order chi connectivity index (χ1) is 9.74. The summed E-state index contributed by atoms with van der Waals surface area (Å²) in [7, 11) is 0. The van der Waals surface area contributed by atoms with Gasteiger partial charge in [0.05, 0.1) is 12.7 Å². The molecule has 0 saturated carbocycles. The zero-order valence-electron chi connectivity index (χ0n) is 12.3. The van der Waals surface area contributed by atoms with E-state index in [2.05, 4.69) is 21.9 Å². The molecule has 4 nitrogen and oxygen atoms in total. The number of rotatable bonds is 5. The number of anilines is 1. The third-order valence-corrected chi connectivity index (χ3v) is 4.03. The van der Waals surface area contributed by atoms with E-state index < -0.39 is 0 Å². The Morgan fingerprint density at radius 2 is 1.85 bits per heavy atom. The van der Waals surface area contributed by atoms with E-state index in [1.165, 1.54) is 5.69 Å². The molecule has 2 N–H and O–H groups in total. The highest BCUT2D eigenvalue weighted by molar-refractivity contribution is 5.48. The lowest BCUT2D eigenvalue weighted by atomic mass is 10.1. The van der Waals surface area contributed by atoms with Gasteiger partial charge in [-0.15, -0.1) is 0 Å². The predicted octanol–water partition coefficient (Wildman–Crippen LogP) is 1.63. The number of aliphatic hydroxyl groups is 2. The highest BCUT2D eigenvalue weighted by atomic mass is 16.3. The molecule has 0 amide bonds. The zero-order valence-corrected chi connectivity index (χ0v) is 12.3. The van der Waals surface area contributed by atoms with E-state index in [1.807, 2.05) is 19.1 Å². The van der Waals surface area contributed by atoms with Gasteiger partial charge < -0.3 is 15.1 Å². The molecule has 1 aromatic carbocycles. The quantitative estimate of drug-likeness (QED) is 0.859. The fraction of sp³-hybridized carbons (Fsp3) is 0.625. The number of nitrogens with zero attached hydrogens (tertiary/aromatic N) is 2. The van der Waals surface area contributed by atoms with Crippen LogP contribution in [0.1, 0.15) is 31.4 Å². The van der Waals surface area contributed by atoms with Crippen LogP contribution < -0.4 is 4.90 Å². The molecule has 1 aromatic rings. The predicted molar refractivity (Wildman–Crippen MR) is 82.0 cm³/mol. The molecule has 1 fully saturated rings. The highest BCUT2D eigenvalue weighted by Gasteiger charge is 2.15. The molecule has 0 bridgehead atoms. The van der Waals surface area contributed by atoms with Crippen LogP contribution in [0.5, 0.6) is 0 Å². The summed E-state index contributed by atoms with van der Waals surface area (Å²) in [6.07, 6.45) is 1.52. The number of β-amino-alcohol motifs (C(OH)–C–C–N with tert-alkyl or cyclic N) is 1. The van der Waals surface area contributed by atoms with Gasteiger partial charge in [0, 0.05) is 31.9 Å². The van der Waals surface area contributed by atoms with E-state index in [4.69, 9.17) is 5.11 Å². The summed E-state index contributed by atoms with van der Waals surface area (Å²) < 4.78 is 0. The Hall–Kier alpha value is -1.10. The second-order valence-corrected chi connectivity index (χ2v) is 5.42. The minimum atomic E-state index is -0.353. The topological polar surface area (TPSA) is 46.9 Å². The molecular formula is C16H26N2O2. The minimum Gasteiger partial charge on any atom is -0.395 e. The van der Waals surface area contributed by atoms with E-state index >= 15 is 0 Å². The normalized spacial score (nSPS) is 18.9. The van der Waals surface area contributed by atoms with E-state index in [0.29, 0.717) is 0 Å². The second kappa shape index (κ2) is 7.62. The van der Waals surface area contributed by atoms with Gasteiger partial charge >= 0.3 is 0 Å². The fourth-order valence-corrected chi connectivity index (χ4v) is 2.74. The molecular weight excluding hydrogens is 252 g/mol. The maximum absolute atomic E-state index is 9.83. The zero-order chi connectivity index (χ0) is 14.4. The van der Waals surface area contributed by atoms with Crippen molar-refractivity contribution in [3.05, 3.63) is 29.8 Å². The average molecular weight is 278 g/mol. The van der Waals surface area contributed by atoms with Crippen LogP contribution in [0.2, 0.25) is 0 Å². The van der Waals surface area contributed by atoms with E-state index in [-0.39, 0.29) is 12.7 Å². The van der Waals surface area contributed by atoms with Crippen molar-refractivity contribution >= 4 is 5.69 Å². The van der Waals surface area contributed by atoms with Gasteiger partial charge in [-0.2, -0.15) is 0 Å². The number of hydrogen-bond donors (Lipinski definition) is 2. The van der Waals surface area contributed by atoms with Crippen LogP contribution in [-0.4, -0.2) is 54.4 Å². The van der Waals surface area contributed by atoms with E-state index in [9.17, 15) is 5.11 Å². The first kappa shape index (κ1) is 15.3. The maximum atomic E-state index is 9.83. The van der Waals surface area contributed by atoms with Crippen molar-refractivity contribution in [3.8, 4) is 0 Å². The van der Waals surface area contributed by atoms with Gasteiger partial charge in [0.25, 0.3) is 0 Å². The van der Waals surface area contributed by atoms with Gasteiger partial charge in [-0.1, -0.05) is 19.1 Å². The van der Waals surface area contributed by atoms with Crippen molar-refractivity contribution in [1.29, 1.82) is 0 Å². The molecule has 1 atom stereocenters. The van der Waals surface area contributed by atoms with Crippen molar-refractivity contribution in [2.24, 2.45) is 0 Å². The van der Waals surface area contributed by atoms with Gasteiger partial charge in [0.1, 0.15) is 0 Å². The second-order valence-electron chi connectivity index (χ2n) is 5.42. The molecule has 0 unspecified atom stereocenters. The molecule has 1 saturated heterocycles. The molecule has 0 aromatic heterocycles. The van der Waals surface area contributed by atoms with Crippen LogP contribution in [0.3, 0.4) is 0 Å². The van der Waals surface area contributed by atoms with Gasteiger partial charge in [-0.05, 0) is 37.1 Å². The summed E-state index contributed by atoms with van der Waals surface area (Å²) in [5.74, 6) is 0. The molecule has 112 valence electrons. The number of aliphatic hydroxyl groups excluding tert-OH is 2. The lowest BCUT2D eigenvalue weighted by Crippen LogP contribution is -2.32. The molecule has 0 radical (unpaired) electrons. The first-order valence-electron chi connectivity index (χ1n) is 7.60. The Labute approximate surface area is 121 Å². The van der Waals surface area contributed by atoms with Crippen molar-refractivity contribution in [2.75, 3.05) is 44.2 Å². The smallest absolute Gasteiger partial charge is 0.0787 e. The van der Waals surface area contributed by atoms with Gasteiger partial charge in [-0.25, -0.2) is 0 Å². The summed E-state index contributed by atoms with van der Waals surface area (Å²) in [6.45, 7) is 7.11. The van der Waals surface area contributed by atoms with Crippen molar-refractivity contribution in [3.63, 3.8) is 0 Å². The third-order valence-electron chi connectivity index (χ3n) is 4.03. The lowest BCUT2D eigenvalue weighted by molar-refractivity contribution is 0.173. The van der Waals surface area contributed by atoms with Crippen LogP contribution in [0.15, 0.2) is 24.3 Å². The molecule has 1 heterocycles. The molecule has 1 aliphatic rings. The standard InChI is InChI=1S/C16H26N2O2/c1-2-16(20)14-4-6-15(7-5-14)18-9-3-8-17(10-11-18)12-13-19/h4-7,16,19-20H,2-3,8-13H2,1H3/t16-/m1/s1. The van der Waals surface area contributed by atoms with Crippen LogP contribution in [0, 0.1) is 0 Å². The summed E-state index contributed by atoms with van der Waals surface area (Å²) in [5.41, 5.74) is 2.22. The van der Waals surface area contributed by atoms with Gasteiger partial charge in [-0.3, -0.25) is 4.90 Å². The molecule has 0 spiro atoms. The van der Waals surface area contributed by atoms with Crippen LogP contribution in [-0.2, 0) is 0 Å². The largest absolute Gasteiger partial charge is 0.395 e. The van der Waals surface area contributed by atoms with Gasteiger partial charge in [0.2, 0.25) is 0 Å². The third kappa shape index (κ3) is 3.95. The molecule has 1 aliphatic heterocycles. The SMILES string of the molecule is CC[C@@H](O)c1ccc(N2CCCN(CCO)CC2)cc1. The highest BCUT2D eigenvalue weighted by Crippen LogP contribution is 2.22. The van der Waals surface area contributed by atoms with Crippen molar-refractivity contribution in [2.45, 2.75) is 25.9 Å². The summed E-state index contributed by atoms with van der Waals surface area (Å²) in [6, 6.07) is 8.27. The Balaban J connectivity index is 1.97. The fourth-order valence-electron chi connectivity index (χ4n) is 2.74. The maximum Gasteiger partial charge on any atom is 0.0787 e. The van der Waals surface area contributed by atoms with Crippen molar-refractivity contribution < 1.29 is 10.2 Å². The van der Waals surface area contributed by atoms with Crippen LogP contribution >= 0.6 is 0 Å². The minimum absolute atomic E-state index is 0.240. The van der Waals surface area contributed by atoms with Crippen molar-refractivity contribution in [1.82, 2.24) is 4.90 Å². The molecule has 2 rings (SSSR count). The number of hydrogen-bond acceptors (Lipinski definition) is 4. The van der Waals surface area contributed by atoms with E-state index in [1.54, 1.807) is 0 Å². The molecule has 20 heavy (non-hydrogen) atoms.